The van der Waals surface area contributed by atoms with Crippen molar-refractivity contribution in [3.05, 3.63) is 56.6 Å². The van der Waals surface area contributed by atoms with Crippen LogP contribution in [0.5, 0.6) is 11.6 Å². The number of aromatic nitrogens is 2. The van der Waals surface area contributed by atoms with Gasteiger partial charge in [0.05, 0.1) is 11.6 Å². The van der Waals surface area contributed by atoms with Crippen LogP contribution in [0.25, 0.3) is 4.96 Å². The molecule has 6 nitrogen and oxygen atoms in total. The van der Waals surface area contributed by atoms with Crippen molar-refractivity contribution in [3.8, 4) is 11.6 Å². The van der Waals surface area contributed by atoms with Crippen molar-refractivity contribution in [2.45, 2.75) is 13.1 Å². The van der Waals surface area contributed by atoms with Gasteiger partial charge in [0.15, 0.2) is 11.6 Å². The number of hydrogen-bond donors (Lipinski definition) is 1. The van der Waals surface area contributed by atoms with Crippen LogP contribution in [0.4, 0.5) is 17.6 Å². The average molecular weight is 401 g/mol. The first-order valence-electron chi connectivity index (χ1n) is 7.42. The second-order valence-electron chi connectivity index (χ2n) is 5.35. The fourth-order valence-corrected chi connectivity index (χ4v) is 3.37. The van der Waals surface area contributed by atoms with E-state index in [0.29, 0.717) is 10.9 Å². The molecule has 1 amide bonds. The van der Waals surface area contributed by atoms with Gasteiger partial charge in [0.1, 0.15) is 5.69 Å². The topological polar surface area (TPSA) is 72.7 Å². The summed E-state index contributed by atoms with van der Waals surface area (Å²) in [6, 6.07) is 3.41. The number of hydrogen-bond acceptors (Lipinski definition) is 5. The number of amides is 1. The smallest absolute Gasteiger partial charge is 0.419 e. The molecule has 142 valence electrons. The summed E-state index contributed by atoms with van der Waals surface area (Å²) in [7, 11) is 1.40. The number of nitrogens with zero attached hydrogens (tertiary/aromatic N) is 2. The second kappa shape index (κ2) is 6.65. The maximum absolute atomic E-state index is 14.1. The van der Waals surface area contributed by atoms with Gasteiger partial charge in [0.25, 0.3) is 11.5 Å². The van der Waals surface area contributed by atoms with Gasteiger partial charge < -0.3 is 10.1 Å². The Morgan fingerprint density at radius 2 is 2.04 bits per heavy atom. The van der Waals surface area contributed by atoms with Gasteiger partial charge in [0.2, 0.25) is 10.8 Å². The molecule has 0 unspecified atom stereocenters. The second-order valence-corrected chi connectivity index (χ2v) is 6.54. The van der Waals surface area contributed by atoms with Crippen molar-refractivity contribution >= 4 is 22.2 Å². The zero-order valence-corrected chi connectivity index (χ0v) is 14.7. The van der Waals surface area contributed by atoms with Gasteiger partial charge in [-0.1, -0.05) is 6.07 Å². The predicted molar refractivity (Wildman–Crippen MR) is 88.9 cm³/mol. The zero-order chi connectivity index (χ0) is 19.9. The molecule has 0 atom stereocenters. The Balaban J connectivity index is 2.08. The molecule has 0 saturated heterocycles. The van der Waals surface area contributed by atoms with E-state index in [-0.39, 0.29) is 16.5 Å². The Bertz CT molecular complexity index is 1100. The first-order chi connectivity index (χ1) is 12.6. The molecule has 0 saturated carbocycles. The maximum atomic E-state index is 14.1. The molecule has 0 aliphatic heterocycles. The van der Waals surface area contributed by atoms with E-state index in [1.165, 1.54) is 7.05 Å². The fraction of sp³-hybridized carbons (Fsp3) is 0.188. The largest absolute Gasteiger partial charge is 0.436 e. The molecule has 0 fully saturated rings. The zero-order valence-electron chi connectivity index (χ0n) is 13.8. The summed E-state index contributed by atoms with van der Waals surface area (Å²) in [6.07, 6.45) is -4.90. The minimum Gasteiger partial charge on any atom is -0.436 e. The summed E-state index contributed by atoms with van der Waals surface area (Å²) >= 11 is 1.01. The predicted octanol–water partition coefficient (Wildman–Crippen LogP) is 3.37. The molecule has 0 aliphatic rings. The van der Waals surface area contributed by atoms with E-state index in [9.17, 15) is 27.2 Å². The van der Waals surface area contributed by atoms with Crippen LogP contribution in [0, 0.1) is 12.7 Å². The summed E-state index contributed by atoms with van der Waals surface area (Å²) in [6.45, 7) is 1.61. The van der Waals surface area contributed by atoms with Crippen LogP contribution in [0.2, 0.25) is 0 Å². The number of aryl methyl sites for hydroxylation is 1. The van der Waals surface area contributed by atoms with Crippen LogP contribution in [0.1, 0.15) is 20.9 Å². The number of alkyl halides is 3. The number of halogens is 4. The van der Waals surface area contributed by atoms with E-state index in [1.807, 2.05) is 0 Å². The van der Waals surface area contributed by atoms with Crippen molar-refractivity contribution in [2.75, 3.05) is 7.05 Å². The van der Waals surface area contributed by atoms with Crippen molar-refractivity contribution < 1.29 is 27.1 Å². The summed E-state index contributed by atoms with van der Waals surface area (Å²) in [5.74, 6) is -3.22. The van der Waals surface area contributed by atoms with Crippen LogP contribution in [0.15, 0.2) is 29.1 Å². The lowest BCUT2D eigenvalue weighted by Gasteiger charge is -2.11. The van der Waals surface area contributed by atoms with Gasteiger partial charge in [-0.3, -0.25) is 9.59 Å². The Kier molecular flexibility index (Phi) is 4.64. The molecule has 0 radical (unpaired) electrons. The molecule has 27 heavy (non-hydrogen) atoms. The molecule has 2 aromatic heterocycles. The molecule has 0 aliphatic carbocycles. The quantitative estimate of drug-likeness (QED) is 0.683. The number of rotatable bonds is 3. The first-order valence-corrected chi connectivity index (χ1v) is 8.24. The van der Waals surface area contributed by atoms with E-state index < -0.39 is 34.8 Å². The number of benzene rings is 1. The maximum Gasteiger partial charge on any atom is 0.419 e. The molecule has 3 aromatic rings. The Hall–Kier alpha value is -2.95. The number of carbonyl (C=O) groups is 1. The normalized spacial score (nSPS) is 11.6. The van der Waals surface area contributed by atoms with Gasteiger partial charge >= 0.3 is 6.18 Å². The lowest BCUT2D eigenvalue weighted by Crippen LogP contribution is -2.25. The first kappa shape index (κ1) is 18.8. The standard InChI is InChI=1S/C16H11F4N3O3S/c1-7-13(14(25)21-2)23-11(24)6-10(22-15(23)27-7)26-9-5-3-4-8(12(9)17)16(18,19)20/h3-6H,1-2H3,(H,21,25). The Labute approximate surface area is 153 Å². The van der Waals surface area contributed by atoms with Crippen LogP contribution in [-0.2, 0) is 6.18 Å². The minimum absolute atomic E-state index is 0.0842. The highest BCUT2D eigenvalue weighted by molar-refractivity contribution is 7.17. The van der Waals surface area contributed by atoms with Gasteiger partial charge in [-0.05, 0) is 19.1 Å². The molecule has 3 rings (SSSR count). The number of fused-ring (bicyclic) bond motifs is 1. The molecular formula is C16H11F4N3O3S. The van der Waals surface area contributed by atoms with Gasteiger partial charge in [-0.15, -0.1) is 11.3 Å². The van der Waals surface area contributed by atoms with Gasteiger partial charge in [0, 0.05) is 11.9 Å². The summed E-state index contributed by atoms with van der Waals surface area (Å²) < 4.78 is 58.6. The summed E-state index contributed by atoms with van der Waals surface area (Å²) in [4.78, 5) is 28.9. The molecule has 2 heterocycles. The van der Waals surface area contributed by atoms with Crippen LogP contribution < -0.4 is 15.6 Å². The molecule has 0 bridgehead atoms. The lowest BCUT2D eigenvalue weighted by atomic mass is 10.2. The molecule has 0 spiro atoms. The molecule has 1 aromatic carbocycles. The fourth-order valence-electron chi connectivity index (χ4n) is 2.41. The monoisotopic (exact) mass is 401 g/mol. The van der Waals surface area contributed by atoms with Crippen molar-refractivity contribution in [2.24, 2.45) is 0 Å². The molecule has 1 N–H and O–H groups in total. The van der Waals surface area contributed by atoms with E-state index in [4.69, 9.17) is 4.74 Å². The van der Waals surface area contributed by atoms with E-state index >= 15 is 0 Å². The van der Waals surface area contributed by atoms with E-state index in [1.54, 1.807) is 6.92 Å². The highest BCUT2D eigenvalue weighted by atomic mass is 32.1. The number of thiazole rings is 1. The van der Waals surface area contributed by atoms with Gasteiger partial charge in [-0.25, -0.2) is 8.79 Å². The highest BCUT2D eigenvalue weighted by Crippen LogP contribution is 2.36. The SMILES string of the molecule is CNC(=O)c1c(C)sc2nc(Oc3cccc(C(F)(F)F)c3F)cc(=O)n12. The third kappa shape index (κ3) is 3.37. The summed E-state index contributed by atoms with van der Waals surface area (Å²) in [5.41, 5.74) is -2.09. The summed E-state index contributed by atoms with van der Waals surface area (Å²) in [5, 5.41) is 2.40. The van der Waals surface area contributed by atoms with Crippen LogP contribution >= 0.6 is 11.3 Å². The van der Waals surface area contributed by atoms with Crippen molar-refractivity contribution in [1.82, 2.24) is 14.7 Å². The Morgan fingerprint density at radius 1 is 1.33 bits per heavy atom. The molecular weight excluding hydrogens is 390 g/mol. The van der Waals surface area contributed by atoms with Gasteiger partial charge in [-0.2, -0.15) is 18.2 Å². The Morgan fingerprint density at radius 3 is 2.67 bits per heavy atom. The van der Waals surface area contributed by atoms with E-state index in [2.05, 4.69) is 10.3 Å². The van der Waals surface area contributed by atoms with Crippen LogP contribution in [-0.4, -0.2) is 22.3 Å². The highest BCUT2D eigenvalue weighted by Gasteiger charge is 2.35. The molecule has 11 heteroatoms. The van der Waals surface area contributed by atoms with Crippen molar-refractivity contribution in [1.29, 1.82) is 0 Å². The third-order valence-electron chi connectivity index (χ3n) is 3.59. The van der Waals surface area contributed by atoms with Crippen molar-refractivity contribution in [3.63, 3.8) is 0 Å². The van der Waals surface area contributed by atoms with E-state index in [0.717, 1.165) is 33.9 Å². The lowest BCUT2D eigenvalue weighted by molar-refractivity contribution is -0.140. The number of ether oxygens (including phenoxy) is 1. The number of nitrogens with one attached hydrogen (secondary N) is 1. The average Bonchev–Trinajstić information content (AvgIpc) is 2.91. The number of carbonyl (C=O) groups excluding carboxylic acids is 1. The minimum atomic E-state index is -4.90. The van der Waals surface area contributed by atoms with Crippen LogP contribution in [0.3, 0.4) is 0 Å². The third-order valence-corrected chi connectivity index (χ3v) is 4.55.